The molecule has 2 aromatic carbocycles. The maximum atomic E-state index is 11.8. The van der Waals surface area contributed by atoms with Crippen LogP contribution in [0.15, 0.2) is 48.5 Å². The van der Waals surface area contributed by atoms with Crippen LogP contribution in [-0.4, -0.2) is 18.6 Å². The fourth-order valence-corrected chi connectivity index (χ4v) is 2.10. The molecule has 0 radical (unpaired) electrons. The van der Waals surface area contributed by atoms with Crippen LogP contribution in [0.1, 0.15) is 26.7 Å². The first-order chi connectivity index (χ1) is 11.6. The lowest BCUT2D eigenvalue weighted by Crippen LogP contribution is -2.19. The third-order valence-corrected chi connectivity index (χ3v) is 3.34. The van der Waals surface area contributed by atoms with E-state index in [2.05, 4.69) is 5.32 Å². The lowest BCUT2D eigenvalue weighted by atomic mass is 10.2. The number of halogens is 1. The van der Waals surface area contributed by atoms with E-state index in [-0.39, 0.29) is 24.4 Å². The summed E-state index contributed by atoms with van der Waals surface area (Å²) in [5.41, 5.74) is 6.39. The zero-order valence-corrected chi connectivity index (χ0v) is 15.3. The molecule has 0 aromatic heterocycles. The molecule has 5 nitrogen and oxygen atoms in total. The van der Waals surface area contributed by atoms with Crippen molar-refractivity contribution in [2.75, 3.05) is 11.9 Å². The molecule has 0 bridgehead atoms. The Hall–Kier alpha value is -2.24. The van der Waals surface area contributed by atoms with E-state index < -0.39 is 0 Å². The van der Waals surface area contributed by atoms with Crippen LogP contribution in [0, 0.1) is 0 Å². The van der Waals surface area contributed by atoms with Crippen molar-refractivity contribution in [3.63, 3.8) is 0 Å². The van der Waals surface area contributed by atoms with Crippen molar-refractivity contribution in [2.45, 2.75) is 32.7 Å². The zero-order valence-electron chi connectivity index (χ0n) is 14.5. The standard InChI is InChI=1S/C19H24N2O3.ClH/c1-3-23-16-9-11-18(12-10-16)24-17-7-5-15(6-8-17)21-19(22)13-4-14(2)20;/h5-12,14H,3-4,13,20H2,1-2H3,(H,21,22);1H. The van der Waals surface area contributed by atoms with E-state index in [1.165, 1.54) is 0 Å². The lowest BCUT2D eigenvalue weighted by molar-refractivity contribution is -0.116. The molecule has 1 atom stereocenters. The molecule has 3 N–H and O–H groups in total. The van der Waals surface area contributed by atoms with Crippen molar-refractivity contribution in [1.29, 1.82) is 0 Å². The number of benzene rings is 2. The minimum absolute atomic E-state index is 0. The molecule has 1 unspecified atom stereocenters. The molecule has 0 heterocycles. The highest BCUT2D eigenvalue weighted by molar-refractivity contribution is 5.90. The molecular formula is C19H25ClN2O3. The Balaban J connectivity index is 0.00000312. The van der Waals surface area contributed by atoms with Crippen LogP contribution in [0.25, 0.3) is 0 Å². The van der Waals surface area contributed by atoms with E-state index in [1.807, 2.05) is 62.4 Å². The summed E-state index contributed by atoms with van der Waals surface area (Å²) in [6.07, 6.45) is 1.09. The van der Waals surface area contributed by atoms with Crippen molar-refractivity contribution >= 4 is 24.0 Å². The first kappa shape index (κ1) is 20.8. The summed E-state index contributed by atoms with van der Waals surface area (Å²) in [6, 6.07) is 14.7. The zero-order chi connectivity index (χ0) is 17.4. The molecule has 0 aliphatic carbocycles. The Bertz CT molecular complexity index is 643. The molecule has 0 fully saturated rings. The molecule has 0 saturated carbocycles. The normalized spacial score (nSPS) is 11.2. The molecule has 2 rings (SSSR count). The van der Waals surface area contributed by atoms with E-state index in [4.69, 9.17) is 15.2 Å². The summed E-state index contributed by atoms with van der Waals surface area (Å²) in [6.45, 7) is 4.47. The Morgan fingerprint density at radius 2 is 1.56 bits per heavy atom. The maximum Gasteiger partial charge on any atom is 0.224 e. The van der Waals surface area contributed by atoms with Gasteiger partial charge in [0.25, 0.3) is 0 Å². The summed E-state index contributed by atoms with van der Waals surface area (Å²) in [5.74, 6) is 2.21. The number of rotatable bonds is 8. The van der Waals surface area contributed by atoms with E-state index in [0.717, 1.165) is 17.2 Å². The number of hydrogen-bond acceptors (Lipinski definition) is 4. The quantitative estimate of drug-likeness (QED) is 0.729. The van der Waals surface area contributed by atoms with E-state index in [9.17, 15) is 4.79 Å². The SMILES string of the molecule is CCOc1ccc(Oc2ccc(NC(=O)CCC(C)N)cc2)cc1.Cl. The van der Waals surface area contributed by atoms with Gasteiger partial charge >= 0.3 is 0 Å². The molecule has 1 amide bonds. The Labute approximate surface area is 154 Å². The van der Waals surface area contributed by atoms with Crippen LogP contribution in [0.3, 0.4) is 0 Å². The number of carbonyl (C=O) groups excluding carboxylic acids is 1. The molecule has 0 spiro atoms. The molecule has 2 aromatic rings. The fraction of sp³-hybridized carbons (Fsp3) is 0.316. The number of amides is 1. The highest BCUT2D eigenvalue weighted by Crippen LogP contribution is 2.25. The Morgan fingerprint density at radius 1 is 1.04 bits per heavy atom. The van der Waals surface area contributed by atoms with Crippen molar-refractivity contribution in [3.05, 3.63) is 48.5 Å². The minimum atomic E-state index is -0.0347. The smallest absolute Gasteiger partial charge is 0.224 e. The van der Waals surface area contributed by atoms with Crippen molar-refractivity contribution < 1.29 is 14.3 Å². The third kappa shape index (κ3) is 7.45. The molecular weight excluding hydrogens is 340 g/mol. The van der Waals surface area contributed by atoms with Gasteiger partial charge in [-0.05, 0) is 68.8 Å². The second-order valence-electron chi connectivity index (χ2n) is 5.59. The maximum absolute atomic E-state index is 11.8. The van der Waals surface area contributed by atoms with Crippen LogP contribution < -0.4 is 20.5 Å². The van der Waals surface area contributed by atoms with Gasteiger partial charge in [-0.3, -0.25) is 4.79 Å². The molecule has 0 aliphatic heterocycles. The highest BCUT2D eigenvalue weighted by Gasteiger charge is 2.05. The second-order valence-corrected chi connectivity index (χ2v) is 5.59. The van der Waals surface area contributed by atoms with Gasteiger partial charge in [0, 0.05) is 18.2 Å². The number of hydrogen-bond donors (Lipinski definition) is 2. The minimum Gasteiger partial charge on any atom is -0.494 e. The molecule has 25 heavy (non-hydrogen) atoms. The van der Waals surface area contributed by atoms with Crippen LogP contribution in [0.5, 0.6) is 17.2 Å². The summed E-state index contributed by atoms with van der Waals surface area (Å²) in [4.78, 5) is 11.8. The molecule has 6 heteroatoms. The van der Waals surface area contributed by atoms with E-state index >= 15 is 0 Å². The van der Waals surface area contributed by atoms with Crippen LogP contribution in [0.2, 0.25) is 0 Å². The van der Waals surface area contributed by atoms with Gasteiger partial charge in [0.15, 0.2) is 0 Å². The highest BCUT2D eigenvalue weighted by atomic mass is 35.5. The average Bonchev–Trinajstić information content (AvgIpc) is 2.57. The van der Waals surface area contributed by atoms with Gasteiger partial charge in [-0.1, -0.05) is 0 Å². The number of carbonyl (C=O) groups is 1. The third-order valence-electron chi connectivity index (χ3n) is 3.34. The monoisotopic (exact) mass is 364 g/mol. The van der Waals surface area contributed by atoms with E-state index in [1.54, 1.807) is 0 Å². The number of anilines is 1. The summed E-state index contributed by atoms with van der Waals surface area (Å²) < 4.78 is 11.2. The summed E-state index contributed by atoms with van der Waals surface area (Å²) in [7, 11) is 0. The topological polar surface area (TPSA) is 73.6 Å². The van der Waals surface area contributed by atoms with Crippen LogP contribution >= 0.6 is 12.4 Å². The average molecular weight is 365 g/mol. The Morgan fingerprint density at radius 3 is 2.08 bits per heavy atom. The van der Waals surface area contributed by atoms with Gasteiger partial charge < -0.3 is 20.5 Å². The predicted octanol–water partition coefficient (Wildman–Crippen LogP) is 4.37. The van der Waals surface area contributed by atoms with Crippen molar-refractivity contribution in [1.82, 2.24) is 0 Å². The fourth-order valence-electron chi connectivity index (χ4n) is 2.10. The first-order valence-electron chi connectivity index (χ1n) is 8.13. The predicted molar refractivity (Wildman–Crippen MR) is 103 cm³/mol. The van der Waals surface area contributed by atoms with Crippen molar-refractivity contribution in [3.8, 4) is 17.2 Å². The van der Waals surface area contributed by atoms with Gasteiger partial charge in [-0.25, -0.2) is 0 Å². The van der Waals surface area contributed by atoms with Gasteiger partial charge in [0.05, 0.1) is 6.61 Å². The molecule has 0 aliphatic rings. The molecule has 0 saturated heterocycles. The van der Waals surface area contributed by atoms with E-state index in [0.29, 0.717) is 25.2 Å². The van der Waals surface area contributed by atoms with Gasteiger partial charge in [-0.2, -0.15) is 0 Å². The Kier molecular flexibility index (Phi) is 8.81. The molecule has 136 valence electrons. The first-order valence-corrected chi connectivity index (χ1v) is 8.13. The van der Waals surface area contributed by atoms with Gasteiger partial charge in [-0.15, -0.1) is 12.4 Å². The second kappa shape index (κ2) is 10.6. The largest absolute Gasteiger partial charge is 0.494 e. The number of nitrogens with two attached hydrogens (primary N) is 1. The summed E-state index contributed by atoms with van der Waals surface area (Å²) >= 11 is 0. The van der Waals surface area contributed by atoms with Crippen LogP contribution in [0.4, 0.5) is 5.69 Å². The van der Waals surface area contributed by atoms with Gasteiger partial charge in [0.2, 0.25) is 5.91 Å². The van der Waals surface area contributed by atoms with Crippen LogP contribution in [-0.2, 0) is 4.79 Å². The number of ether oxygens (including phenoxy) is 2. The summed E-state index contributed by atoms with van der Waals surface area (Å²) in [5, 5.41) is 2.84. The lowest BCUT2D eigenvalue weighted by Gasteiger charge is -2.09. The van der Waals surface area contributed by atoms with Gasteiger partial charge in [0.1, 0.15) is 17.2 Å². The number of nitrogens with one attached hydrogen (secondary N) is 1. The van der Waals surface area contributed by atoms with Crippen molar-refractivity contribution in [2.24, 2.45) is 5.73 Å².